The molecular weight excluding hydrogens is 214 g/mol. The Hall–Kier alpha value is -1.52. The van der Waals surface area contributed by atoms with Gasteiger partial charge in [0.15, 0.2) is 0 Å². The van der Waals surface area contributed by atoms with E-state index in [2.05, 4.69) is 5.92 Å². The van der Waals surface area contributed by atoms with Crippen LogP contribution in [-0.2, 0) is 4.79 Å². The van der Waals surface area contributed by atoms with E-state index in [-0.39, 0.29) is 19.0 Å². The standard InChI is InChI=1S/C13H19N3O/c1-2-9-16(10-8-14)12(17)13(11-15)6-4-3-5-7-13/h1H,3-7,9-11,15H2. The van der Waals surface area contributed by atoms with Crippen LogP contribution in [0.2, 0.25) is 0 Å². The van der Waals surface area contributed by atoms with Crippen LogP contribution in [0.25, 0.3) is 0 Å². The van der Waals surface area contributed by atoms with Crippen molar-refractivity contribution >= 4 is 5.91 Å². The Morgan fingerprint density at radius 1 is 1.35 bits per heavy atom. The van der Waals surface area contributed by atoms with Gasteiger partial charge >= 0.3 is 0 Å². The lowest BCUT2D eigenvalue weighted by Crippen LogP contribution is -2.49. The van der Waals surface area contributed by atoms with Gasteiger partial charge in [-0.2, -0.15) is 5.26 Å². The number of carbonyl (C=O) groups is 1. The molecule has 0 heterocycles. The van der Waals surface area contributed by atoms with Gasteiger partial charge in [-0.3, -0.25) is 4.79 Å². The fourth-order valence-corrected chi connectivity index (χ4v) is 2.46. The minimum Gasteiger partial charge on any atom is -0.329 e. The van der Waals surface area contributed by atoms with E-state index in [9.17, 15) is 4.79 Å². The van der Waals surface area contributed by atoms with E-state index in [0.29, 0.717) is 6.54 Å². The SMILES string of the molecule is C#CCN(CC#N)C(=O)C1(CN)CCCCC1. The third kappa shape index (κ3) is 2.99. The van der Waals surface area contributed by atoms with Crippen LogP contribution in [0.4, 0.5) is 0 Å². The van der Waals surface area contributed by atoms with Crippen LogP contribution >= 0.6 is 0 Å². The van der Waals surface area contributed by atoms with Crippen molar-refractivity contribution < 1.29 is 4.79 Å². The maximum absolute atomic E-state index is 12.4. The van der Waals surface area contributed by atoms with E-state index in [4.69, 9.17) is 17.4 Å². The number of rotatable bonds is 4. The fraction of sp³-hybridized carbons (Fsp3) is 0.692. The molecule has 1 amide bonds. The maximum atomic E-state index is 12.4. The van der Waals surface area contributed by atoms with E-state index in [0.717, 1.165) is 32.1 Å². The molecule has 1 fully saturated rings. The number of terminal acetylenes is 1. The first kappa shape index (κ1) is 13.5. The smallest absolute Gasteiger partial charge is 0.231 e. The summed E-state index contributed by atoms with van der Waals surface area (Å²) in [6.45, 7) is 0.581. The molecule has 0 atom stereocenters. The Labute approximate surface area is 103 Å². The molecule has 1 saturated carbocycles. The van der Waals surface area contributed by atoms with Crippen molar-refractivity contribution in [2.24, 2.45) is 11.1 Å². The van der Waals surface area contributed by atoms with E-state index in [1.807, 2.05) is 6.07 Å². The predicted octanol–water partition coefficient (Wildman–Crippen LogP) is 0.881. The molecule has 0 spiro atoms. The summed E-state index contributed by atoms with van der Waals surface area (Å²) in [6.07, 6.45) is 10.1. The van der Waals surface area contributed by atoms with E-state index < -0.39 is 5.41 Å². The number of nitriles is 1. The van der Waals surface area contributed by atoms with E-state index in [1.165, 1.54) is 4.90 Å². The summed E-state index contributed by atoms with van der Waals surface area (Å²) >= 11 is 0. The Morgan fingerprint density at radius 3 is 2.47 bits per heavy atom. The van der Waals surface area contributed by atoms with Crippen molar-refractivity contribution in [1.29, 1.82) is 5.26 Å². The van der Waals surface area contributed by atoms with Crippen LogP contribution in [-0.4, -0.2) is 30.4 Å². The highest BCUT2D eigenvalue weighted by atomic mass is 16.2. The first-order valence-corrected chi connectivity index (χ1v) is 6.00. The first-order valence-electron chi connectivity index (χ1n) is 6.00. The fourth-order valence-electron chi connectivity index (χ4n) is 2.46. The van der Waals surface area contributed by atoms with Crippen LogP contribution in [0.5, 0.6) is 0 Å². The van der Waals surface area contributed by atoms with Crippen molar-refractivity contribution in [3.63, 3.8) is 0 Å². The highest BCUT2D eigenvalue weighted by Gasteiger charge is 2.40. The van der Waals surface area contributed by atoms with Crippen LogP contribution in [0.1, 0.15) is 32.1 Å². The lowest BCUT2D eigenvalue weighted by molar-refractivity contribution is -0.142. The molecule has 0 bridgehead atoms. The van der Waals surface area contributed by atoms with Crippen LogP contribution in [0, 0.1) is 29.1 Å². The highest BCUT2D eigenvalue weighted by molar-refractivity contribution is 5.83. The molecule has 92 valence electrons. The number of hydrogen-bond acceptors (Lipinski definition) is 3. The zero-order chi connectivity index (χ0) is 12.7. The number of amides is 1. The average Bonchev–Trinajstić information content (AvgIpc) is 2.38. The molecule has 0 saturated heterocycles. The van der Waals surface area contributed by atoms with Gasteiger partial charge in [-0.05, 0) is 12.8 Å². The van der Waals surface area contributed by atoms with Gasteiger partial charge in [0, 0.05) is 6.54 Å². The van der Waals surface area contributed by atoms with E-state index >= 15 is 0 Å². The number of hydrogen-bond donors (Lipinski definition) is 1. The number of nitrogens with zero attached hydrogens (tertiary/aromatic N) is 2. The van der Waals surface area contributed by atoms with Gasteiger partial charge in [-0.25, -0.2) is 0 Å². The van der Waals surface area contributed by atoms with Crippen LogP contribution < -0.4 is 5.73 Å². The summed E-state index contributed by atoms with van der Waals surface area (Å²) in [6, 6.07) is 1.98. The van der Waals surface area contributed by atoms with Gasteiger partial charge in [0.1, 0.15) is 6.54 Å². The summed E-state index contributed by atoms with van der Waals surface area (Å²) in [4.78, 5) is 13.9. The zero-order valence-electron chi connectivity index (χ0n) is 10.1. The van der Waals surface area contributed by atoms with Gasteiger partial charge in [0.05, 0.1) is 18.0 Å². The molecule has 1 aliphatic rings. The second kappa shape index (κ2) is 6.27. The molecular formula is C13H19N3O. The van der Waals surface area contributed by atoms with Crippen LogP contribution in [0.3, 0.4) is 0 Å². The normalized spacial score (nSPS) is 17.8. The molecule has 1 aliphatic carbocycles. The van der Waals surface area contributed by atoms with Gasteiger partial charge in [0.2, 0.25) is 5.91 Å². The van der Waals surface area contributed by atoms with Crippen molar-refractivity contribution in [2.75, 3.05) is 19.6 Å². The Balaban J connectivity index is 2.83. The Kier molecular flexibility index (Phi) is 5.00. The number of nitrogens with two attached hydrogens (primary N) is 1. The van der Waals surface area contributed by atoms with Gasteiger partial charge in [-0.15, -0.1) is 6.42 Å². The topological polar surface area (TPSA) is 70.1 Å². The van der Waals surface area contributed by atoms with E-state index in [1.54, 1.807) is 0 Å². The molecule has 0 aliphatic heterocycles. The summed E-state index contributed by atoms with van der Waals surface area (Å²) in [5.41, 5.74) is 5.31. The molecule has 2 N–H and O–H groups in total. The van der Waals surface area contributed by atoms with Crippen molar-refractivity contribution in [1.82, 2.24) is 4.90 Å². The molecule has 4 heteroatoms. The zero-order valence-corrected chi connectivity index (χ0v) is 10.1. The average molecular weight is 233 g/mol. The largest absolute Gasteiger partial charge is 0.329 e. The predicted molar refractivity (Wildman–Crippen MR) is 65.6 cm³/mol. The Bertz CT molecular complexity index is 329. The number of carbonyl (C=O) groups excluding carboxylic acids is 1. The molecule has 4 nitrogen and oxygen atoms in total. The second-order valence-electron chi connectivity index (χ2n) is 4.57. The lowest BCUT2D eigenvalue weighted by atomic mass is 9.73. The molecule has 17 heavy (non-hydrogen) atoms. The summed E-state index contributed by atoms with van der Waals surface area (Å²) in [7, 11) is 0. The highest BCUT2D eigenvalue weighted by Crippen LogP contribution is 2.37. The summed E-state index contributed by atoms with van der Waals surface area (Å²) in [5, 5.41) is 8.72. The summed E-state index contributed by atoms with van der Waals surface area (Å²) in [5.74, 6) is 2.38. The van der Waals surface area contributed by atoms with Gasteiger partial charge < -0.3 is 10.6 Å². The van der Waals surface area contributed by atoms with Gasteiger partial charge in [0.25, 0.3) is 0 Å². The Morgan fingerprint density at radius 2 is 2.00 bits per heavy atom. The quantitative estimate of drug-likeness (QED) is 0.579. The third-order valence-corrected chi connectivity index (χ3v) is 3.49. The monoisotopic (exact) mass is 233 g/mol. The first-order chi connectivity index (χ1) is 8.20. The van der Waals surface area contributed by atoms with Crippen molar-refractivity contribution in [2.45, 2.75) is 32.1 Å². The second-order valence-corrected chi connectivity index (χ2v) is 4.57. The molecule has 1 rings (SSSR count). The molecule has 0 aromatic rings. The minimum atomic E-state index is -0.480. The molecule has 0 unspecified atom stereocenters. The van der Waals surface area contributed by atoms with Gasteiger partial charge in [-0.1, -0.05) is 25.2 Å². The minimum absolute atomic E-state index is 0.0424. The molecule has 0 aromatic heterocycles. The third-order valence-electron chi connectivity index (χ3n) is 3.49. The molecule has 0 aromatic carbocycles. The lowest BCUT2D eigenvalue weighted by Gasteiger charge is -2.37. The maximum Gasteiger partial charge on any atom is 0.231 e. The van der Waals surface area contributed by atoms with Crippen molar-refractivity contribution in [3.8, 4) is 18.4 Å². The molecule has 0 radical (unpaired) electrons. The van der Waals surface area contributed by atoms with Crippen LogP contribution in [0.15, 0.2) is 0 Å². The van der Waals surface area contributed by atoms with Crippen molar-refractivity contribution in [3.05, 3.63) is 0 Å². The summed E-state index contributed by atoms with van der Waals surface area (Å²) < 4.78 is 0.